The van der Waals surface area contributed by atoms with Gasteiger partial charge in [-0.3, -0.25) is 0 Å². The van der Waals surface area contributed by atoms with Gasteiger partial charge in [-0.25, -0.2) is 4.98 Å². The number of nitrogens with zero attached hydrogens (tertiary/aromatic N) is 1. The molecule has 0 amide bonds. The van der Waals surface area contributed by atoms with E-state index < -0.39 is 0 Å². The lowest BCUT2D eigenvalue weighted by atomic mass is 10.2. The molecule has 0 radical (unpaired) electrons. The largest absolute Gasteiger partial charge is 0.475 e. The van der Waals surface area contributed by atoms with Crippen LogP contribution in [0.25, 0.3) is 0 Å². The lowest BCUT2D eigenvalue weighted by Crippen LogP contribution is -2.10. The van der Waals surface area contributed by atoms with Crippen LogP contribution < -0.4 is 4.74 Å². The maximum atomic E-state index is 5.69. The van der Waals surface area contributed by atoms with Crippen LogP contribution in [0.2, 0.25) is 5.02 Å². The first-order valence-electron chi connectivity index (χ1n) is 5.00. The van der Waals surface area contributed by atoms with E-state index in [9.17, 15) is 0 Å². The Balaban J connectivity index is 2.12. The summed E-state index contributed by atoms with van der Waals surface area (Å²) in [6.07, 6.45) is 1.56. The first-order chi connectivity index (χ1) is 7.18. The minimum atomic E-state index is 0.515. The van der Waals surface area contributed by atoms with E-state index in [-0.39, 0.29) is 0 Å². The Morgan fingerprint density at radius 2 is 2.13 bits per heavy atom. The van der Waals surface area contributed by atoms with Crippen LogP contribution in [0, 0.1) is 5.92 Å². The molecule has 0 unspecified atom stereocenters. The van der Waals surface area contributed by atoms with Crippen LogP contribution in [0.5, 0.6) is 5.88 Å². The molecule has 4 heteroatoms. The maximum absolute atomic E-state index is 5.69. The summed E-state index contributed by atoms with van der Waals surface area (Å²) < 4.78 is 10.7. The normalized spacial score (nSPS) is 10.7. The zero-order valence-corrected chi connectivity index (χ0v) is 9.83. The molecular formula is C11H16ClNO2. The van der Waals surface area contributed by atoms with E-state index in [1.807, 2.05) is 0 Å². The van der Waals surface area contributed by atoms with Gasteiger partial charge in [0.25, 0.3) is 0 Å². The Morgan fingerprint density at radius 1 is 1.33 bits per heavy atom. The average Bonchev–Trinajstić information content (AvgIpc) is 2.20. The summed E-state index contributed by atoms with van der Waals surface area (Å²) in [7, 11) is 0. The lowest BCUT2D eigenvalue weighted by molar-refractivity contribution is 0.0806. The molecule has 0 fully saturated rings. The average molecular weight is 230 g/mol. The molecule has 1 aromatic heterocycles. The second kappa shape index (κ2) is 6.64. The molecule has 15 heavy (non-hydrogen) atoms. The summed E-state index contributed by atoms with van der Waals surface area (Å²) in [5.74, 6) is 1.13. The van der Waals surface area contributed by atoms with E-state index in [4.69, 9.17) is 21.1 Å². The van der Waals surface area contributed by atoms with Gasteiger partial charge in [-0.2, -0.15) is 0 Å². The standard InChI is InChI=1S/C11H16ClNO2/c1-9(2)8-14-5-6-15-11-4-3-10(12)7-13-11/h3-4,7,9H,5-6,8H2,1-2H3. The summed E-state index contributed by atoms with van der Waals surface area (Å²) >= 11 is 5.69. The fourth-order valence-electron chi connectivity index (χ4n) is 0.972. The van der Waals surface area contributed by atoms with Crippen LogP contribution in [0.15, 0.2) is 18.3 Å². The van der Waals surface area contributed by atoms with Crippen molar-refractivity contribution >= 4 is 11.6 Å². The van der Waals surface area contributed by atoms with Gasteiger partial charge in [0, 0.05) is 18.9 Å². The summed E-state index contributed by atoms with van der Waals surface area (Å²) in [6, 6.07) is 3.49. The minimum absolute atomic E-state index is 0.515. The molecule has 0 spiro atoms. The summed E-state index contributed by atoms with van der Waals surface area (Å²) in [5.41, 5.74) is 0. The molecule has 0 aliphatic rings. The zero-order valence-electron chi connectivity index (χ0n) is 9.07. The van der Waals surface area contributed by atoms with Gasteiger partial charge in [0.2, 0.25) is 5.88 Å². The number of ether oxygens (including phenoxy) is 2. The van der Waals surface area contributed by atoms with Crippen LogP contribution in [0.1, 0.15) is 13.8 Å². The predicted molar refractivity (Wildman–Crippen MR) is 60.4 cm³/mol. The van der Waals surface area contributed by atoms with E-state index in [0.29, 0.717) is 30.0 Å². The highest BCUT2D eigenvalue weighted by molar-refractivity contribution is 6.30. The molecule has 1 rings (SSSR count). The highest BCUT2D eigenvalue weighted by atomic mass is 35.5. The van der Waals surface area contributed by atoms with Crippen LogP contribution in [0.4, 0.5) is 0 Å². The molecule has 1 heterocycles. The predicted octanol–water partition coefficient (Wildman–Crippen LogP) is 2.79. The first-order valence-corrected chi connectivity index (χ1v) is 5.38. The first kappa shape index (κ1) is 12.3. The van der Waals surface area contributed by atoms with Crippen molar-refractivity contribution in [1.29, 1.82) is 0 Å². The molecule has 0 saturated heterocycles. The molecule has 0 N–H and O–H groups in total. The van der Waals surface area contributed by atoms with Crippen LogP contribution in [0.3, 0.4) is 0 Å². The Morgan fingerprint density at radius 3 is 2.73 bits per heavy atom. The zero-order chi connectivity index (χ0) is 11.1. The number of pyridine rings is 1. The number of rotatable bonds is 6. The Hall–Kier alpha value is -0.800. The molecule has 0 aliphatic heterocycles. The molecular weight excluding hydrogens is 214 g/mol. The van der Waals surface area contributed by atoms with Gasteiger partial charge in [-0.1, -0.05) is 25.4 Å². The molecule has 0 aromatic carbocycles. The molecule has 0 atom stereocenters. The Labute approximate surface area is 95.4 Å². The van der Waals surface area contributed by atoms with Gasteiger partial charge in [-0.15, -0.1) is 0 Å². The van der Waals surface area contributed by atoms with Crippen molar-refractivity contribution in [3.63, 3.8) is 0 Å². The fraction of sp³-hybridized carbons (Fsp3) is 0.545. The molecule has 1 aromatic rings. The third kappa shape index (κ3) is 5.60. The monoisotopic (exact) mass is 229 g/mol. The third-order valence-electron chi connectivity index (χ3n) is 1.63. The fourth-order valence-corrected chi connectivity index (χ4v) is 1.08. The number of halogens is 1. The second-order valence-electron chi connectivity index (χ2n) is 3.63. The van der Waals surface area contributed by atoms with E-state index >= 15 is 0 Å². The van der Waals surface area contributed by atoms with Crippen molar-refractivity contribution in [2.45, 2.75) is 13.8 Å². The molecule has 0 bridgehead atoms. The highest BCUT2D eigenvalue weighted by Crippen LogP contribution is 2.11. The van der Waals surface area contributed by atoms with E-state index in [1.54, 1.807) is 18.3 Å². The van der Waals surface area contributed by atoms with E-state index in [2.05, 4.69) is 18.8 Å². The van der Waals surface area contributed by atoms with Gasteiger partial charge in [0.15, 0.2) is 0 Å². The maximum Gasteiger partial charge on any atom is 0.213 e. The second-order valence-corrected chi connectivity index (χ2v) is 4.07. The molecule has 84 valence electrons. The van der Waals surface area contributed by atoms with E-state index in [1.165, 1.54) is 0 Å². The highest BCUT2D eigenvalue weighted by Gasteiger charge is 1.96. The quantitative estimate of drug-likeness (QED) is 0.703. The van der Waals surface area contributed by atoms with Crippen LogP contribution in [-0.2, 0) is 4.74 Å². The number of hydrogen-bond donors (Lipinski definition) is 0. The lowest BCUT2D eigenvalue weighted by Gasteiger charge is -2.07. The summed E-state index contributed by atoms with van der Waals surface area (Å²) in [4.78, 5) is 4.00. The van der Waals surface area contributed by atoms with Crippen molar-refractivity contribution in [2.24, 2.45) is 5.92 Å². The van der Waals surface area contributed by atoms with Crippen LogP contribution >= 0.6 is 11.6 Å². The molecule has 0 aliphatic carbocycles. The number of hydrogen-bond acceptors (Lipinski definition) is 3. The number of aromatic nitrogens is 1. The van der Waals surface area contributed by atoms with Crippen LogP contribution in [-0.4, -0.2) is 24.8 Å². The van der Waals surface area contributed by atoms with Gasteiger partial charge in [0.05, 0.1) is 11.6 Å². The Bertz CT molecular complexity index is 274. The molecule has 0 saturated carbocycles. The van der Waals surface area contributed by atoms with Gasteiger partial charge in [-0.05, 0) is 12.0 Å². The van der Waals surface area contributed by atoms with Gasteiger partial charge < -0.3 is 9.47 Å². The third-order valence-corrected chi connectivity index (χ3v) is 1.85. The topological polar surface area (TPSA) is 31.4 Å². The Kier molecular flexibility index (Phi) is 5.43. The van der Waals surface area contributed by atoms with Gasteiger partial charge in [0.1, 0.15) is 6.61 Å². The van der Waals surface area contributed by atoms with E-state index in [0.717, 1.165) is 6.61 Å². The van der Waals surface area contributed by atoms with Crippen molar-refractivity contribution in [3.8, 4) is 5.88 Å². The van der Waals surface area contributed by atoms with Crippen molar-refractivity contribution in [2.75, 3.05) is 19.8 Å². The van der Waals surface area contributed by atoms with Gasteiger partial charge >= 0.3 is 0 Å². The van der Waals surface area contributed by atoms with Crippen molar-refractivity contribution in [1.82, 2.24) is 4.98 Å². The molecule has 3 nitrogen and oxygen atoms in total. The summed E-state index contributed by atoms with van der Waals surface area (Å²) in [6.45, 7) is 6.09. The van der Waals surface area contributed by atoms with Crippen molar-refractivity contribution < 1.29 is 9.47 Å². The van der Waals surface area contributed by atoms with Crippen molar-refractivity contribution in [3.05, 3.63) is 23.4 Å². The minimum Gasteiger partial charge on any atom is -0.475 e. The SMILES string of the molecule is CC(C)COCCOc1ccc(Cl)cn1. The smallest absolute Gasteiger partial charge is 0.213 e. The summed E-state index contributed by atoms with van der Waals surface area (Å²) in [5, 5.41) is 0.610.